The largest absolute Gasteiger partial charge is 0.328 e. The number of H-pyrrole nitrogens is 1. The molecule has 0 bridgehead atoms. The third kappa shape index (κ3) is 2.64. The Balaban J connectivity index is 1.94. The lowest BCUT2D eigenvalue weighted by molar-refractivity contribution is -0.113. The number of benzene rings is 1. The third-order valence-corrected chi connectivity index (χ3v) is 6.25. The van der Waals surface area contributed by atoms with Crippen LogP contribution in [0.3, 0.4) is 0 Å². The van der Waals surface area contributed by atoms with E-state index in [1.807, 2.05) is 32.0 Å². The summed E-state index contributed by atoms with van der Waals surface area (Å²) in [6.07, 6.45) is 0. The number of amides is 1. The number of nitrogens with zero attached hydrogens (tertiary/aromatic N) is 3. The highest BCUT2D eigenvalue weighted by Crippen LogP contribution is 2.40. The van der Waals surface area contributed by atoms with E-state index in [0.29, 0.717) is 11.4 Å². The van der Waals surface area contributed by atoms with Crippen molar-refractivity contribution in [1.29, 1.82) is 0 Å². The van der Waals surface area contributed by atoms with Crippen LogP contribution in [0.1, 0.15) is 36.3 Å². The summed E-state index contributed by atoms with van der Waals surface area (Å²) >= 11 is 1.41. The highest BCUT2D eigenvalue weighted by molar-refractivity contribution is 8.00. The van der Waals surface area contributed by atoms with Gasteiger partial charge in [0.1, 0.15) is 5.82 Å². The van der Waals surface area contributed by atoms with Gasteiger partial charge in [0.2, 0.25) is 5.91 Å². The van der Waals surface area contributed by atoms with Crippen LogP contribution < -0.4 is 16.6 Å². The van der Waals surface area contributed by atoms with E-state index in [-0.39, 0.29) is 34.2 Å². The molecule has 0 fully saturated rings. The van der Waals surface area contributed by atoms with Crippen molar-refractivity contribution < 1.29 is 4.79 Å². The van der Waals surface area contributed by atoms with Crippen LogP contribution in [0.2, 0.25) is 0 Å². The van der Waals surface area contributed by atoms with Gasteiger partial charge in [-0.1, -0.05) is 6.07 Å². The Morgan fingerprint density at radius 2 is 1.81 bits per heavy atom. The summed E-state index contributed by atoms with van der Waals surface area (Å²) in [5.74, 6) is 0.644. The number of aromatic amines is 1. The molecule has 1 aliphatic rings. The van der Waals surface area contributed by atoms with Gasteiger partial charge < -0.3 is 5.32 Å². The molecule has 1 aliphatic heterocycles. The topological polar surface area (TPSA) is 93.8 Å². The fourth-order valence-corrected chi connectivity index (χ4v) is 4.70. The molecule has 0 aliphatic carbocycles. The lowest BCUT2D eigenvalue weighted by Crippen LogP contribution is -2.19. The quantitative estimate of drug-likeness (QED) is 0.700. The summed E-state index contributed by atoms with van der Waals surface area (Å²) in [6.45, 7) is 3.89. The van der Waals surface area contributed by atoms with Crippen molar-refractivity contribution in [1.82, 2.24) is 18.9 Å². The molecule has 1 aromatic carbocycles. The third-order valence-electron chi connectivity index (χ3n) is 4.98. The van der Waals surface area contributed by atoms with Crippen molar-refractivity contribution >= 4 is 34.5 Å². The lowest BCUT2D eigenvalue weighted by atomic mass is 10.1. The number of hydrogen-bond donors (Lipinski definition) is 2. The number of aromatic nitrogens is 4. The first-order chi connectivity index (χ1) is 12.8. The highest BCUT2D eigenvalue weighted by Gasteiger charge is 2.31. The van der Waals surface area contributed by atoms with Gasteiger partial charge in [-0.2, -0.15) is 0 Å². The fourth-order valence-electron chi connectivity index (χ4n) is 3.58. The van der Waals surface area contributed by atoms with Gasteiger partial charge in [0.15, 0.2) is 0 Å². The number of carbonyl (C=O) groups is 1. The molecule has 0 saturated carbocycles. The molecule has 0 radical (unpaired) electrons. The molecule has 4 rings (SSSR count). The van der Waals surface area contributed by atoms with Crippen molar-refractivity contribution in [2.24, 2.45) is 14.1 Å². The van der Waals surface area contributed by atoms with E-state index in [0.717, 1.165) is 16.6 Å². The highest BCUT2D eigenvalue weighted by atomic mass is 32.2. The van der Waals surface area contributed by atoms with Gasteiger partial charge in [0, 0.05) is 20.1 Å². The fraction of sp³-hybridized carbons (Fsp3) is 0.389. The second kappa shape index (κ2) is 6.19. The molecule has 3 aromatic rings. The minimum atomic E-state index is -0.303. The van der Waals surface area contributed by atoms with Crippen LogP contribution in [0.5, 0.6) is 0 Å². The number of nitrogens with one attached hydrogen (secondary N) is 2. The monoisotopic (exact) mass is 387 g/mol. The second-order valence-corrected chi connectivity index (χ2v) is 8.15. The number of fused-ring (bicyclic) bond motifs is 2. The minimum Gasteiger partial charge on any atom is -0.310 e. The Hall–Kier alpha value is -2.68. The summed E-state index contributed by atoms with van der Waals surface area (Å²) in [5, 5.41) is 5.40. The van der Waals surface area contributed by atoms with Crippen molar-refractivity contribution in [2.45, 2.75) is 25.1 Å². The molecular weight excluding hydrogens is 366 g/mol. The first-order valence-corrected chi connectivity index (χ1v) is 9.75. The van der Waals surface area contributed by atoms with Gasteiger partial charge in [0.05, 0.1) is 27.6 Å². The molecule has 0 saturated heterocycles. The maximum absolute atomic E-state index is 12.7. The number of thioether (sulfide) groups is 1. The smallest absolute Gasteiger partial charge is 0.310 e. The zero-order valence-corrected chi connectivity index (χ0v) is 16.4. The van der Waals surface area contributed by atoms with Crippen molar-refractivity contribution in [2.75, 3.05) is 11.1 Å². The maximum Gasteiger partial charge on any atom is 0.328 e. The summed E-state index contributed by atoms with van der Waals surface area (Å²) in [5.41, 5.74) is 2.74. The van der Waals surface area contributed by atoms with E-state index < -0.39 is 0 Å². The Kier molecular flexibility index (Phi) is 4.06. The Labute approximate surface area is 159 Å². The van der Waals surface area contributed by atoms with Crippen LogP contribution in [0.15, 0.2) is 27.8 Å². The van der Waals surface area contributed by atoms with Crippen LogP contribution in [-0.4, -0.2) is 30.6 Å². The zero-order chi connectivity index (χ0) is 19.5. The van der Waals surface area contributed by atoms with E-state index in [4.69, 9.17) is 0 Å². The van der Waals surface area contributed by atoms with Crippen molar-refractivity contribution in [3.05, 3.63) is 50.2 Å². The van der Waals surface area contributed by atoms with Gasteiger partial charge in [-0.3, -0.25) is 28.5 Å². The van der Waals surface area contributed by atoms with E-state index in [1.165, 1.54) is 11.8 Å². The van der Waals surface area contributed by atoms with E-state index in [1.54, 1.807) is 27.9 Å². The van der Waals surface area contributed by atoms with Crippen molar-refractivity contribution in [3.63, 3.8) is 0 Å². The predicted octanol–water partition coefficient (Wildman–Crippen LogP) is 1.72. The molecule has 3 heterocycles. The molecule has 8 nitrogen and oxygen atoms in total. The molecule has 2 N–H and O–H groups in total. The van der Waals surface area contributed by atoms with E-state index in [2.05, 4.69) is 10.4 Å². The van der Waals surface area contributed by atoms with Crippen molar-refractivity contribution in [3.8, 4) is 0 Å². The SMILES string of the molecule is CC(C)n1[nH]c(=O)c2c1NC(=O)CS[C@H]2c1ccc2c(c1)n(C)c(=O)n2C. The summed E-state index contributed by atoms with van der Waals surface area (Å²) < 4.78 is 4.89. The summed E-state index contributed by atoms with van der Waals surface area (Å²) in [7, 11) is 3.46. The minimum absolute atomic E-state index is 0.00271. The first kappa shape index (κ1) is 17.7. The molecule has 0 unspecified atom stereocenters. The summed E-state index contributed by atoms with van der Waals surface area (Å²) in [4.78, 5) is 37.1. The average molecular weight is 387 g/mol. The zero-order valence-electron chi connectivity index (χ0n) is 15.6. The van der Waals surface area contributed by atoms with Gasteiger partial charge in [0.25, 0.3) is 5.56 Å². The van der Waals surface area contributed by atoms with Crippen LogP contribution in [0, 0.1) is 0 Å². The van der Waals surface area contributed by atoms with Gasteiger partial charge in [-0.15, -0.1) is 11.8 Å². The number of imidazole rings is 1. The van der Waals surface area contributed by atoms with Crippen LogP contribution in [-0.2, 0) is 18.9 Å². The van der Waals surface area contributed by atoms with Crippen LogP contribution in [0.25, 0.3) is 11.0 Å². The molecule has 1 atom stereocenters. The normalized spacial score (nSPS) is 17.2. The first-order valence-electron chi connectivity index (χ1n) is 8.70. The molecule has 142 valence electrons. The molecular formula is C18H21N5O3S. The number of carbonyl (C=O) groups excluding carboxylic acids is 1. The predicted molar refractivity (Wildman–Crippen MR) is 107 cm³/mol. The van der Waals surface area contributed by atoms with E-state index in [9.17, 15) is 14.4 Å². The molecule has 2 aromatic heterocycles. The van der Waals surface area contributed by atoms with Gasteiger partial charge in [-0.25, -0.2) is 4.79 Å². The number of aryl methyl sites for hydroxylation is 2. The number of hydrogen-bond acceptors (Lipinski definition) is 4. The van der Waals surface area contributed by atoms with Crippen LogP contribution in [0.4, 0.5) is 5.82 Å². The Morgan fingerprint density at radius 1 is 1.11 bits per heavy atom. The Bertz CT molecular complexity index is 1180. The second-order valence-electron chi connectivity index (χ2n) is 7.05. The van der Waals surface area contributed by atoms with Crippen LogP contribution >= 0.6 is 11.8 Å². The number of anilines is 1. The van der Waals surface area contributed by atoms with Gasteiger partial charge in [-0.05, 0) is 31.5 Å². The molecule has 9 heteroatoms. The van der Waals surface area contributed by atoms with Gasteiger partial charge >= 0.3 is 5.69 Å². The number of rotatable bonds is 2. The lowest BCUT2D eigenvalue weighted by Gasteiger charge is -2.15. The average Bonchev–Trinajstić information content (AvgIpc) is 2.97. The maximum atomic E-state index is 12.7. The molecule has 0 spiro atoms. The standard InChI is InChI=1S/C18H21N5O3S/c1-9(2)23-16-14(17(25)20-23)15(27-8-13(24)19-16)10-5-6-11-12(7-10)22(4)18(26)21(11)3/h5-7,9,15H,8H2,1-4H3,(H,19,24)(H,20,25)/t15-/m0/s1. The molecule has 27 heavy (non-hydrogen) atoms. The summed E-state index contributed by atoms with van der Waals surface area (Å²) in [6, 6.07) is 5.74. The van der Waals surface area contributed by atoms with E-state index >= 15 is 0 Å². The Morgan fingerprint density at radius 3 is 2.52 bits per heavy atom. The molecule has 1 amide bonds.